The van der Waals surface area contributed by atoms with Crippen molar-refractivity contribution in [1.29, 1.82) is 0 Å². The van der Waals surface area contributed by atoms with Crippen LogP contribution in [0.25, 0.3) is 0 Å². The van der Waals surface area contributed by atoms with E-state index in [9.17, 15) is 14.4 Å². The number of morpholine rings is 1. The van der Waals surface area contributed by atoms with Crippen LogP contribution in [0.15, 0.2) is 24.3 Å². The summed E-state index contributed by atoms with van der Waals surface area (Å²) in [4.78, 5) is 40.0. The number of amides is 2. The third-order valence-corrected chi connectivity index (χ3v) is 6.00. The zero-order valence-electron chi connectivity index (χ0n) is 17.1. The fraction of sp³-hybridized carbons (Fsp3) is 0.381. The number of anilines is 1. The third kappa shape index (κ3) is 4.80. The van der Waals surface area contributed by atoms with Crippen LogP contribution in [-0.2, 0) is 20.7 Å². The van der Waals surface area contributed by atoms with Crippen LogP contribution >= 0.6 is 11.3 Å². The van der Waals surface area contributed by atoms with Crippen LogP contribution in [-0.4, -0.2) is 63.2 Å². The molecule has 1 aromatic heterocycles. The van der Waals surface area contributed by atoms with E-state index < -0.39 is 5.97 Å². The van der Waals surface area contributed by atoms with Gasteiger partial charge in [0.15, 0.2) is 0 Å². The van der Waals surface area contributed by atoms with Gasteiger partial charge in [-0.3, -0.25) is 9.59 Å². The summed E-state index contributed by atoms with van der Waals surface area (Å²) in [6, 6.07) is 7.15. The highest BCUT2D eigenvalue weighted by atomic mass is 32.1. The second-order valence-corrected chi connectivity index (χ2v) is 7.75. The van der Waals surface area contributed by atoms with Crippen LogP contribution in [0.2, 0.25) is 0 Å². The van der Waals surface area contributed by atoms with Crippen LogP contribution in [0.1, 0.15) is 31.2 Å². The van der Waals surface area contributed by atoms with Crippen LogP contribution in [0.4, 0.5) is 5.00 Å². The highest BCUT2D eigenvalue weighted by Gasteiger charge is 2.29. The topological polar surface area (TPSA) is 94.2 Å². The average molecular weight is 432 g/mol. The Labute approximate surface area is 178 Å². The zero-order valence-corrected chi connectivity index (χ0v) is 18.0. The summed E-state index contributed by atoms with van der Waals surface area (Å²) in [5, 5.41) is 3.09. The Kier molecular flexibility index (Phi) is 7.07. The van der Waals surface area contributed by atoms with Crippen molar-refractivity contribution in [2.24, 2.45) is 0 Å². The number of carbonyl (C=O) groups is 3. The van der Waals surface area contributed by atoms with Crippen LogP contribution in [0, 0.1) is 6.92 Å². The highest BCUT2D eigenvalue weighted by molar-refractivity contribution is 7.18. The molecule has 1 aliphatic heterocycles. The normalized spacial score (nSPS) is 13.6. The minimum atomic E-state index is -0.593. The molecular weight excluding hydrogens is 408 g/mol. The second kappa shape index (κ2) is 9.73. The molecule has 0 aliphatic carbocycles. The van der Waals surface area contributed by atoms with Gasteiger partial charge in [0.2, 0.25) is 5.91 Å². The van der Waals surface area contributed by atoms with Gasteiger partial charge in [-0.2, -0.15) is 0 Å². The second-order valence-electron chi connectivity index (χ2n) is 6.73. The molecule has 1 aromatic carbocycles. The molecule has 0 saturated carbocycles. The number of ether oxygens (including phenoxy) is 3. The number of nitrogens with zero attached hydrogens (tertiary/aromatic N) is 1. The Balaban J connectivity index is 1.82. The molecule has 9 heteroatoms. The summed E-state index contributed by atoms with van der Waals surface area (Å²) in [5.41, 5.74) is 1.51. The molecule has 0 spiro atoms. The van der Waals surface area contributed by atoms with E-state index in [1.165, 1.54) is 7.11 Å². The molecule has 1 saturated heterocycles. The van der Waals surface area contributed by atoms with E-state index in [2.05, 4.69) is 5.32 Å². The lowest BCUT2D eigenvalue weighted by Gasteiger charge is -2.26. The molecule has 0 radical (unpaired) electrons. The molecule has 8 nitrogen and oxygen atoms in total. The number of esters is 1. The van der Waals surface area contributed by atoms with Crippen molar-refractivity contribution >= 4 is 34.1 Å². The first-order valence-electron chi connectivity index (χ1n) is 9.46. The lowest BCUT2D eigenvalue weighted by molar-refractivity contribution is -0.115. The van der Waals surface area contributed by atoms with Crippen LogP contribution in [0.3, 0.4) is 0 Å². The van der Waals surface area contributed by atoms with Crippen molar-refractivity contribution in [3.05, 3.63) is 45.8 Å². The van der Waals surface area contributed by atoms with Crippen LogP contribution < -0.4 is 10.1 Å². The summed E-state index contributed by atoms with van der Waals surface area (Å²) in [6.45, 7) is 3.62. The molecule has 1 aliphatic rings. The molecule has 1 N–H and O–H groups in total. The molecule has 3 rings (SSSR count). The largest absolute Gasteiger partial charge is 0.497 e. The fourth-order valence-electron chi connectivity index (χ4n) is 3.16. The number of benzene rings is 1. The van der Waals surface area contributed by atoms with Gasteiger partial charge in [-0.1, -0.05) is 12.1 Å². The summed E-state index contributed by atoms with van der Waals surface area (Å²) in [5.74, 6) is -0.365. The Morgan fingerprint density at radius 3 is 2.40 bits per heavy atom. The zero-order chi connectivity index (χ0) is 21.7. The number of nitrogens with one attached hydrogen (secondary N) is 1. The predicted octanol–water partition coefficient (Wildman–Crippen LogP) is 2.51. The first kappa shape index (κ1) is 21.8. The van der Waals surface area contributed by atoms with Gasteiger partial charge in [0.25, 0.3) is 5.91 Å². The van der Waals surface area contributed by atoms with Gasteiger partial charge < -0.3 is 24.4 Å². The maximum atomic E-state index is 12.9. The molecule has 2 aromatic rings. The van der Waals surface area contributed by atoms with Crippen molar-refractivity contribution in [2.45, 2.75) is 13.3 Å². The van der Waals surface area contributed by atoms with Gasteiger partial charge in [0.05, 0.1) is 44.3 Å². The van der Waals surface area contributed by atoms with Gasteiger partial charge in [-0.05, 0) is 30.2 Å². The summed E-state index contributed by atoms with van der Waals surface area (Å²) >= 11 is 1.09. The van der Waals surface area contributed by atoms with Crippen molar-refractivity contribution in [3.63, 3.8) is 0 Å². The molecule has 0 bridgehead atoms. The standard InChI is InChI=1S/C21H24N2O6S/c1-13-17(21(26)28-3)19(30-18(13)20(25)23-8-10-29-11-9-23)22-16(24)12-14-4-6-15(27-2)7-5-14/h4-7H,8-12H2,1-3H3,(H,22,24). The number of thiophene rings is 1. The molecule has 160 valence electrons. The van der Waals surface area contributed by atoms with Crippen LogP contribution in [0.5, 0.6) is 5.75 Å². The number of methoxy groups -OCH3 is 2. The number of hydrogen-bond donors (Lipinski definition) is 1. The predicted molar refractivity (Wildman–Crippen MR) is 112 cm³/mol. The van der Waals surface area contributed by atoms with Gasteiger partial charge >= 0.3 is 5.97 Å². The molecular formula is C21H24N2O6S. The molecule has 2 amide bonds. The maximum absolute atomic E-state index is 12.9. The minimum absolute atomic E-state index is 0.119. The fourth-order valence-corrected chi connectivity index (χ4v) is 4.34. The van der Waals surface area contributed by atoms with E-state index in [1.807, 2.05) is 0 Å². The van der Waals surface area contributed by atoms with Gasteiger partial charge in [-0.15, -0.1) is 11.3 Å². The van der Waals surface area contributed by atoms with Crippen molar-refractivity contribution in [2.75, 3.05) is 45.8 Å². The SMILES string of the molecule is COC(=O)c1c(NC(=O)Cc2ccc(OC)cc2)sc(C(=O)N2CCOCC2)c1C. The summed E-state index contributed by atoms with van der Waals surface area (Å²) < 4.78 is 15.3. The Morgan fingerprint density at radius 1 is 1.13 bits per heavy atom. The van der Waals surface area contributed by atoms with E-state index in [0.29, 0.717) is 47.5 Å². The molecule has 0 atom stereocenters. The average Bonchev–Trinajstić information content (AvgIpc) is 3.09. The Bertz CT molecular complexity index is 932. The lowest BCUT2D eigenvalue weighted by atomic mass is 10.1. The van der Waals surface area contributed by atoms with Crippen molar-refractivity contribution in [3.8, 4) is 5.75 Å². The Morgan fingerprint density at radius 2 is 1.80 bits per heavy atom. The van der Waals surface area contributed by atoms with Gasteiger partial charge in [0, 0.05) is 13.1 Å². The van der Waals surface area contributed by atoms with Gasteiger partial charge in [0.1, 0.15) is 10.8 Å². The van der Waals surface area contributed by atoms with E-state index in [0.717, 1.165) is 16.9 Å². The van der Waals surface area contributed by atoms with Crippen molar-refractivity contribution in [1.82, 2.24) is 4.90 Å². The lowest BCUT2D eigenvalue weighted by Crippen LogP contribution is -2.40. The van der Waals surface area contributed by atoms with Gasteiger partial charge in [-0.25, -0.2) is 4.79 Å². The van der Waals surface area contributed by atoms with E-state index in [1.54, 1.807) is 43.2 Å². The molecule has 2 heterocycles. The number of rotatable bonds is 6. The number of hydrogen-bond acceptors (Lipinski definition) is 7. The quantitative estimate of drug-likeness (QED) is 0.705. The molecule has 1 fully saturated rings. The summed E-state index contributed by atoms with van der Waals surface area (Å²) in [6.07, 6.45) is 0.119. The monoisotopic (exact) mass is 432 g/mol. The van der Waals surface area contributed by atoms with E-state index in [4.69, 9.17) is 14.2 Å². The first-order valence-corrected chi connectivity index (χ1v) is 10.3. The van der Waals surface area contributed by atoms with E-state index >= 15 is 0 Å². The Hall–Kier alpha value is -2.91. The molecule has 0 unspecified atom stereocenters. The third-order valence-electron chi connectivity index (χ3n) is 4.81. The highest BCUT2D eigenvalue weighted by Crippen LogP contribution is 2.35. The molecule has 30 heavy (non-hydrogen) atoms. The van der Waals surface area contributed by atoms with Crippen molar-refractivity contribution < 1.29 is 28.6 Å². The van der Waals surface area contributed by atoms with E-state index in [-0.39, 0.29) is 23.8 Å². The smallest absolute Gasteiger partial charge is 0.341 e. The minimum Gasteiger partial charge on any atom is -0.497 e. The summed E-state index contributed by atoms with van der Waals surface area (Å²) in [7, 11) is 2.84. The number of carbonyl (C=O) groups excluding carboxylic acids is 3. The first-order chi connectivity index (χ1) is 14.4. The maximum Gasteiger partial charge on any atom is 0.341 e.